The van der Waals surface area contributed by atoms with Crippen LogP contribution in [0.25, 0.3) is 5.57 Å². The third kappa shape index (κ3) is 3.80. The molecule has 154 valence electrons. The van der Waals surface area contributed by atoms with E-state index in [1.165, 1.54) is 7.11 Å². The van der Waals surface area contributed by atoms with Gasteiger partial charge in [-0.25, -0.2) is 9.78 Å². The minimum absolute atomic E-state index is 0.415. The third-order valence-electron chi connectivity index (χ3n) is 5.54. The number of hydrogen-bond donors (Lipinski definition) is 1. The first-order valence-electron chi connectivity index (χ1n) is 10.1. The first kappa shape index (κ1) is 20.4. The van der Waals surface area contributed by atoms with Gasteiger partial charge in [-0.15, -0.1) is 0 Å². The molecule has 0 aliphatic rings. The van der Waals surface area contributed by atoms with Crippen LogP contribution in [-0.2, 0) is 14.9 Å². The summed E-state index contributed by atoms with van der Waals surface area (Å²) in [6.45, 7) is 1.90. The normalized spacial score (nSPS) is 11.9. The van der Waals surface area contributed by atoms with Crippen molar-refractivity contribution in [3.8, 4) is 0 Å². The average Bonchev–Trinajstić information content (AvgIpc) is 3.27. The zero-order valence-corrected chi connectivity index (χ0v) is 17.6. The predicted octanol–water partition coefficient (Wildman–Crippen LogP) is 5.31. The lowest BCUT2D eigenvalue weighted by Gasteiger charge is -2.34. The van der Waals surface area contributed by atoms with Gasteiger partial charge >= 0.3 is 5.97 Å². The Morgan fingerprint density at radius 1 is 0.839 bits per heavy atom. The molecule has 0 saturated carbocycles. The summed E-state index contributed by atoms with van der Waals surface area (Å²) in [7, 11) is 1.40. The molecule has 4 rings (SSSR count). The van der Waals surface area contributed by atoms with Crippen molar-refractivity contribution in [3.05, 3.63) is 131 Å². The lowest BCUT2D eigenvalue weighted by atomic mass is 9.68. The van der Waals surface area contributed by atoms with Gasteiger partial charge in [-0.3, -0.25) is 0 Å². The number of ether oxygens (including phenoxy) is 1. The molecule has 31 heavy (non-hydrogen) atoms. The Hall–Kier alpha value is -3.92. The number of rotatable bonds is 6. The van der Waals surface area contributed by atoms with Crippen molar-refractivity contribution >= 4 is 11.5 Å². The van der Waals surface area contributed by atoms with Crippen molar-refractivity contribution < 1.29 is 9.53 Å². The molecule has 4 aromatic rings. The first-order valence-corrected chi connectivity index (χ1v) is 10.1. The molecule has 0 fully saturated rings. The molecule has 1 heterocycles. The van der Waals surface area contributed by atoms with E-state index in [9.17, 15) is 4.79 Å². The summed E-state index contributed by atoms with van der Waals surface area (Å²) >= 11 is 0. The van der Waals surface area contributed by atoms with Gasteiger partial charge in [-0.2, -0.15) is 0 Å². The molecule has 0 bridgehead atoms. The highest BCUT2D eigenvalue weighted by atomic mass is 16.5. The van der Waals surface area contributed by atoms with E-state index in [0.717, 1.165) is 22.4 Å². The first-order chi connectivity index (χ1) is 15.2. The van der Waals surface area contributed by atoms with Crippen molar-refractivity contribution in [2.24, 2.45) is 0 Å². The number of aromatic amines is 1. The van der Waals surface area contributed by atoms with Crippen molar-refractivity contribution in [2.45, 2.75) is 12.3 Å². The number of nitrogens with zero attached hydrogens (tertiary/aromatic N) is 1. The van der Waals surface area contributed by atoms with Gasteiger partial charge in [0.1, 0.15) is 0 Å². The largest absolute Gasteiger partial charge is 0.465 e. The Kier molecular flexibility index (Phi) is 5.80. The van der Waals surface area contributed by atoms with Crippen molar-refractivity contribution in [1.29, 1.82) is 0 Å². The number of imidazole rings is 1. The van der Waals surface area contributed by atoms with Crippen LogP contribution in [0.1, 0.15) is 28.1 Å². The van der Waals surface area contributed by atoms with E-state index in [2.05, 4.69) is 46.4 Å². The Labute approximate surface area is 182 Å². The van der Waals surface area contributed by atoms with Crippen molar-refractivity contribution in [3.63, 3.8) is 0 Å². The molecule has 0 amide bonds. The fourth-order valence-corrected chi connectivity index (χ4v) is 4.03. The smallest absolute Gasteiger partial charge is 0.339 e. The molecule has 0 spiro atoms. The average molecular weight is 409 g/mol. The number of carbonyl (C=O) groups is 1. The number of carbonyl (C=O) groups excluding carboxylic acids is 1. The maximum Gasteiger partial charge on any atom is 0.339 e. The zero-order chi connectivity index (χ0) is 21.7. The van der Waals surface area contributed by atoms with E-state index in [0.29, 0.717) is 11.3 Å². The Balaban J connectivity index is 2.13. The SMILES string of the molecule is COC(=O)C(=CC(c1ccccc1)(c1ccccc1)c1ccccc1)c1nc[nH]c1C. The lowest BCUT2D eigenvalue weighted by Crippen LogP contribution is -2.28. The second-order valence-electron chi connectivity index (χ2n) is 7.33. The van der Waals surface area contributed by atoms with Gasteiger partial charge in [0.15, 0.2) is 0 Å². The number of H-pyrrole nitrogens is 1. The molecule has 0 atom stereocenters. The topological polar surface area (TPSA) is 55.0 Å². The molecule has 3 aromatic carbocycles. The van der Waals surface area contributed by atoms with Crippen LogP contribution in [0.15, 0.2) is 103 Å². The molecule has 0 radical (unpaired) electrons. The van der Waals surface area contributed by atoms with Gasteiger partial charge in [0.2, 0.25) is 0 Å². The van der Waals surface area contributed by atoms with Crippen LogP contribution in [0.5, 0.6) is 0 Å². The molecule has 0 unspecified atom stereocenters. The van der Waals surface area contributed by atoms with E-state index < -0.39 is 11.4 Å². The highest BCUT2D eigenvalue weighted by Crippen LogP contribution is 2.42. The summed E-state index contributed by atoms with van der Waals surface area (Å²) in [6, 6.07) is 30.6. The zero-order valence-electron chi connectivity index (χ0n) is 17.6. The molecule has 4 heteroatoms. The van der Waals surface area contributed by atoms with Gasteiger partial charge in [0, 0.05) is 5.69 Å². The Morgan fingerprint density at radius 3 is 1.65 bits per heavy atom. The van der Waals surface area contributed by atoms with Crippen molar-refractivity contribution in [1.82, 2.24) is 9.97 Å². The summed E-state index contributed by atoms with van der Waals surface area (Å²) < 4.78 is 5.18. The summed E-state index contributed by atoms with van der Waals surface area (Å²) in [4.78, 5) is 20.5. The minimum Gasteiger partial charge on any atom is -0.465 e. The van der Waals surface area contributed by atoms with Crippen LogP contribution in [0.4, 0.5) is 0 Å². The molecule has 0 aliphatic heterocycles. The van der Waals surface area contributed by atoms with Crippen LogP contribution in [0, 0.1) is 6.92 Å². The maximum absolute atomic E-state index is 13.0. The van der Waals surface area contributed by atoms with E-state index in [4.69, 9.17) is 4.74 Å². The van der Waals surface area contributed by atoms with Crippen LogP contribution in [-0.4, -0.2) is 23.0 Å². The Morgan fingerprint density at radius 2 is 1.29 bits per heavy atom. The van der Waals surface area contributed by atoms with Gasteiger partial charge in [0.25, 0.3) is 0 Å². The van der Waals surface area contributed by atoms with Crippen LogP contribution in [0.3, 0.4) is 0 Å². The number of hydrogen-bond acceptors (Lipinski definition) is 3. The molecular formula is C27H24N2O2. The quantitative estimate of drug-likeness (QED) is 0.267. The van der Waals surface area contributed by atoms with E-state index in [1.54, 1.807) is 6.33 Å². The van der Waals surface area contributed by atoms with E-state index in [-0.39, 0.29) is 0 Å². The lowest BCUT2D eigenvalue weighted by molar-refractivity contribution is -0.133. The number of nitrogens with one attached hydrogen (secondary N) is 1. The van der Waals surface area contributed by atoms with Crippen LogP contribution in [0.2, 0.25) is 0 Å². The molecule has 4 nitrogen and oxygen atoms in total. The number of aryl methyl sites for hydroxylation is 1. The number of allylic oxidation sites excluding steroid dienone is 1. The fourth-order valence-electron chi connectivity index (χ4n) is 4.03. The monoisotopic (exact) mass is 408 g/mol. The number of esters is 1. The molecule has 0 aliphatic carbocycles. The van der Waals surface area contributed by atoms with Crippen LogP contribution >= 0.6 is 0 Å². The van der Waals surface area contributed by atoms with Crippen molar-refractivity contribution in [2.75, 3.05) is 7.11 Å². The summed E-state index contributed by atoms with van der Waals surface area (Å²) in [5.41, 5.74) is 4.21. The summed E-state index contributed by atoms with van der Waals surface area (Å²) in [6.07, 6.45) is 3.58. The molecule has 1 aromatic heterocycles. The Bertz CT molecular complexity index is 1080. The molecular weight excluding hydrogens is 384 g/mol. The highest BCUT2D eigenvalue weighted by molar-refractivity contribution is 6.16. The number of methoxy groups -OCH3 is 1. The molecule has 1 N–H and O–H groups in total. The number of benzene rings is 3. The van der Waals surface area contributed by atoms with E-state index >= 15 is 0 Å². The van der Waals surface area contributed by atoms with Gasteiger partial charge < -0.3 is 9.72 Å². The van der Waals surface area contributed by atoms with Gasteiger partial charge in [-0.05, 0) is 29.7 Å². The van der Waals surface area contributed by atoms with Gasteiger partial charge in [-0.1, -0.05) is 91.0 Å². The number of aromatic nitrogens is 2. The van der Waals surface area contributed by atoms with E-state index in [1.807, 2.05) is 67.6 Å². The molecule has 0 saturated heterocycles. The minimum atomic E-state index is -0.724. The maximum atomic E-state index is 13.0. The second kappa shape index (κ2) is 8.84. The fraction of sp³-hybridized carbons (Fsp3) is 0.111. The predicted molar refractivity (Wildman–Crippen MR) is 123 cm³/mol. The summed E-state index contributed by atoms with van der Waals surface area (Å²) in [5, 5.41) is 0. The second-order valence-corrected chi connectivity index (χ2v) is 7.33. The third-order valence-corrected chi connectivity index (χ3v) is 5.54. The highest BCUT2D eigenvalue weighted by Gasteiger charge is 2.36. The standard InChI is InChI=1S/C27H24N2O2/c1-20-25(29-19-28-20)24(26(30)31-2)18-27(21-12-6-3-7-13-21,22-14-8-4-9-15-22)23-16-10-5-11-17-23/h3-19H,1-2H3,(H,28,29). The van der Waals surface area contributed by atoms with Crippen LogP contribution < -0.4 is 0 Å². The summed E-state index contributed by atoms with van der Waals surface area (Å²) in [5.74, 6) is -0.428. The van der Waals surface area contributed by atoms with Gasteiger partial charge in [0.05, 0.1) is 30.1 Å².